The number of anilines is 1. The maximum atomic E-state index is 12.4. The van der Waals surface area contributed by atoms with Gasteiger partial charge < -0.3 is 10.2 Å². The second kappa shape index (κ2) is 6.72. The average Bonchev–Trinajstić information content (AvgIpc) is 3.08. The quantitative estimate of drug-likeness (QED) is 0.757. The highest BCUT2D eigenvalue weighted by Gasteiger charge is 2.25. The molecular weight excluding hydrogens is 338 g/mol. The van der Waals surface area contributed by atoms with Crippen LogP contribution in [0, 0.1) is 0 Å². The van der Waals surface area contributed by atoms with E-state index in [2.05, 4.69) is 15.6 Å². The highest BCUT2D eigenvalue weighted by Crippen LogP contribution is 2.25. The van der Waals surface area contributed by atoms with Crippen molar-refractivity contribution in [3.63, 3.8) is 0 Å². The van der Waals surface area contributed by atoms with Crippen LogP contribution in [0.5, 0.6) is 0 Å². The molecule has 0 bridgehead atoms. The number of para-hydroxylation sites is 1. The molecule has 0 spiro atoms. The number of carbonyl (C=O) groups is 1. The lowest BCUT2D eigenvalue weighted by Crippen LogP contribution is -2.41. The third-order valence-corrected chi connectivity index (χ3v) is 4.82. The van der Waals surface area contributed by atoms with Gasteiger partial charge in [-0.2, -0.15) is 0 Å². The first kappa shape index (κ1) is 15.9. The van der Waals surface area contributed by atoms with Crippen LogP contribution in [0.4, 0.5) is 10.5 Å². The zero-order valence-corrected chi connectivity index (χ0v) is 14.4. The molecule has 6 nitrogen and oxygen atoms in total. The van der Waals surface area contributed by atoms with Crippen LogP contribution in [0.3, 0.4) is 0 Å². The van der Waals surface area contributed by atoms with E-state index in [4.69, 9.17) is 11.6 Å². The van der Waals surface area contributed by atoms with Gasteiger partial charge in [0, 0.05) is 23.8 Å². The highest BCUT2D eigenvalue weighted by molar-refractivity contribution is 6.30. The minimum atomic E-state index is -0.0794. The van der Waals surface area contributed by atoms with Gasteiger partial charge in [-0.15, -0.1) is 5.10 Å². The van der Waals surface area contributed by atoms with E-state index in [1.54, 1.807) is 24.3 Å². The molecule has 1 N–H and O–H groups in total. The Morgan fingerprint density at radius 2 is 1.80 bits per heavy atom. The summed E-state index contributed by atoms with van der Waals surface area (Å²) >= 11 is 5.87. The topological polar surface area (TPSA) is 63.1 Å². The number of fused-ring (bicyclic) bond motifs is 1. The fraction of sp³-hybridized carbons (Fsp3) is 0.278. The summed E-state index contributed by atoms with van der Waals surface area (Å²) < 4.78 is 1.99. The Morgan fingerprint density at radius 3 is 2.56 bits per heavy atom. The summed E-state index contributed by atoms with van der Waals surface area (Å²) in [6.45, 7) is 1.39. The molecule has 128 valence electrons. The summed E-state index contributed by atoms with van der Waals surface area (Å²) in [4.78, 5) is 14.2. The molecule has 1 saturated heterocycles. The number of hydrogen-bond donors (Lipinski definition) is 1. The highest BCUT2D eigenvalue weighted by atomic mass is 35.5. The van der Waals surface area contributed by atoms with Crippen molar-refractivity contribution in [3.05, 3.63) is 53.6 Å². The standard InChI is InChI=1S/C18H18ClN5O/c19-13-5-7-14(8-6-13)20-18(25)23-11-9-15(10-12-23)24-17-4-2-1-3-16(17)21-22-24/h1-8,15H,9-12H2,(H,20,25). The van der Waals surface area contributed by atoms with Crippen molar-refractivity contribution in [2.24, 2.45) is 0 Å². The van der Waals surface area contributed by atoms with E-state index < -0.39 is 0 Å². The van der Waals surface area contributed by atoms with E-state index in [0.717, 1.165) is 29.6 Å². The number of aromatic nitrogens is 3. The molecular formula is C18H18ClN5O. The summed E-state index contributed by atoms with van der Waals surface area (Å²) in [5.74, 6) is 0. The minimum Gasteiger partial charge on any atom is -0.324 e. The third-order valence-electron chi connectivity index (χ3n) is 4.57. The van der Waals surface area contributed by atoms with Gasteiger partial charge in [-0.25, -0.2) is 9.48 Å². The molecule has 2 amide bonds. The molecule has 0 unspecified atom stereocenters. The number of amides is 2. The molecule has 0 radical (unpaired) electrons. The summed E-state index contributed by atoms with van der Waals surface area (Å²) in [5, 5.41) is 12.1. The van der Waals surface area contributed by atoms with Crippen molar-refractivity contribution >= 4 is 34.4 Å². The van der Waals surface area contributed by atoms with Gasteiger partial charge in [0.25, 0.3) is 0 Å². The van der Waals surface area contributed by atoms with Gasteiger partial charge in [0.05, 0.1) is 11.6 Å². The van der Waals surface area contributed by atoms with Crippen molar-refractivity contribution in [2.75, 3.05) is 18.4 Å². The zero-order chi connectivity index (χ0) is 17.2. The van der Waals surface area contributed by atoms with Crippen molar-refractivity contribution in [3.8, 4) is 0 Å². The number of nitrogens with zero attached hydrogens (tertiary/aromatic N) is 4. The zero-order valence-electron chi connectivity index (χ0n) is 13.6. The van der Waals surface area contributed by atoms with Gasteiger partial charge in [-0.1, -0.05) is 28.9 Å². The van der Waals surface area contributed by atoms with Crippen LogP contribution >= 0.6 is 11.6 Å². The Kier molecular flexibility index (Phi) is 4.28. The number of halogens is 1. The van der Waals surface area contributed by atoms with Crippen molar-refractivity contribution < 1.29 is 4.79 Å². The second-order valence-corrected chi connectivity index (χ2v) is 6.61. The van der Waals surface area contributed by atoms with E-state index in [1.807, 2.05) is 33.8 Å². The molecule has 7 heteroatoms. The smallest absolute Gasteiger partial charge is 0.321 e. The van der Waals surface area contributed by atoms with Crippen molar-refractivity contribution in [2.45, 2.75) is 18.9 Å². The molecule has 2 heterocycles. The van der Waals surface area contributed by atoms with Crippen LogP contribution in [0.25, 0.3) is 11.0 Å². The molecule has 1 aromatic heterocycles. The molecule has 2 aromatic carbocycles. The van der Waals surface area contributed by atoms with Gasteiger partial charge in [0.2, 0.25) is 0 Å². The number of benzene rings is 2. The van der Waals surface area contributed by atoms with Crippen LogP contribution in [0.1, 0.15) is 18.9 Å². The van der Waals surface area contributed by atoms with Crippen LogP contribution in [0.2, 0.25) is 5.02 Å². The van der Waals surface area contributed by atoms with Crippen LogP contribution in [0.15, 0.2) is 48.5 Å². The molecule has 4 rings (SSSR count). The number of likely N-dealkylation sites (tertiary alicyclic amines) is 1. The molecule has 1 aliphatic heterocycles. The number of hydrogen-bond acceptors (Lipinski definition) is 3. The van der Waals surface area contributed by atoms with Gasteiger partial charge in [-0.05, 0) is 49.2 Å². The Morgan fingerprint density at radius 1 is 1.08 bits per heavy atom. The molecule has 25 heavy (non-hydrogen) atoms. The number of carbonyl (C=O) groups excluding carboxylic acids is 1. The molecule has 3 aromatic rings. The van der Waals surface area contributed by atoms with Gasteiger partial charge in [0.15, 0.2) is 0 Å². The average molecular weight is 356 g/mol. The largest absolute Gasteiger partial charge is 0.324 e. The van der Waals surface area contributed by atoms with E-state index >= 15 is 0 Å². The van der Waals surface area contributed by atoms with Crippen LogP contribution in [-0.2, 0) is 0 Å². The second-order valence-electron chi connectivity index (χ2n) is 6.18. The predicted octanol–water partition coefficient (Wildman–Crippen LogP) is 3.95. The maximum Gasteiger partial charge on any atom is 0.321 e. The normalized spacial score (nSPS) is 15.5. The summed E-state index contributed by atoms with van der Waals surface area (Å²) in [6, 6.07) is 15.3. The van der Waals surface area contributed by atoms with Crippen LogP contribution in [-0.4, -0.2) is 39.0 Å². The van der Waals surface area contributed by atoms with Gasteiger partial charge in [-0.3, -0.25) is 0 Å². The molecule has 1 fully saturated rings. The monoisotopic (exact) mass is 355 g/mol. The number of rotatable bonds is 2. The fourth-order valence-corrected chi connectivity index (χ4v) is 3.33. The minimum absolute atomic E-state index is 0.0794. The van der Waals surface area contributed by atoms with Crippen LogP contribution < -0.4 is 5.32 Å². The Balaban J connectivity index is 1.39. The lowest BCUT2D eigenvalue weighted by atomic mass is 10.1. The summed E-state index contributed by atoms with van der Waals surface area (Å²) in [5.41, 5.74) is 2.70. The predicted molar refractivity (Wildman–Crippen MR) is 97.8 cm³/mol. The first-order valence-electron chi connectivity index (χ1n) is 8.32. The maximum absolute atomic E-state index is 12.4. The van der Waals surface area contributed by atoms with Crippen molar-refractivity contribution in [1.82, 2.24) is 19.9 Å². The Hall–Kier alpha value is -2.60. The number of urea groups is 1. The van der Waals surface area contributed by atoms with Gasteiger partial charge in [0.1, 0.15) is 5.52 Å². The number of nitrogens with one attached hydrogen (secondary N) is 1. The lowest BCUT2D eigenvalue weighted by Gasteiger charge is -2.32. The lowest BCUT2D eigenvalue weighted by molar-refractivity contribution is 0.181. The molecule has 0 saturated carbocycles. The molecule has 0 atom stereocenters. The van der Waals surface area contributed by atoms with E-state index in [9.17, 15) is 4.79 Å². The van der Waals surface area contributed by atoms with E-state index in [-0.39, 0.29) is 12.1 Å². The fourth-order valence-electron chi connectivity index (χ4n) is 3.21. The summed E-state index contributed by atoms with van der Waals surface area (Å²) in [6.07, 6.45) is 1.72. The third kappa shape index (κ3) is 3.30. The SMILES string of the molecule is O=C(Nc1ccc(Cl)cc1)N1CCC(n2nnc3ccccc32)CC1. The van der Waals surface area contributed by atoms with E-state index in [0.29, 0.717) is 18.1 Å². The first-order chi connectivity index (χ1) is 12.2. The Bertz CT molecular complexity index is 884. The van der Waals surface area contributed by atoms with Crippen molar-refractivity contribution in [1.29, 1.82) is 0 Å². The van der Waals surface area contributed by atoms with Gasteiger partial charge >= 0.3 is 6.03 Å². The van der Waals surface area contributed by atoms with E-state index in [1.165, 1.54) is 0 Å². The summed E-state index contributed by atoms with van der Waals surface area (Å²) in [7, 11) is 0. The Labute approximate surface area is 150 Å². The molecule has 1 aliphatic rings. The molecule has 0 aliphatic carbocycles. The number of piperidine rings is 1. The first-order valence-corrected chi connectivity index (χ1v) is 8.70.